The summed E-state index contributed by atoms with van der Waals surface area (Å²) in [6, 6.07) is 9.01. The largest absolute Gasteiger partial charge is 0.0804 e. The molecule has 1 aromatic rings. The molecule has 72 valence electrons. The van der Waals surface area contributed by atoms with E-state index in [1.54, 1.807) is 11.1 Å². The van der Waals surface area contributed by atoms with Crippen LogP contribution in [0, 0.1) is 0 Å². The van der Waals surface area contributed by atoms with Gasteiger partial charge in [0, 0.05) is 11.8 Å². The van der Waals surface area contributed by atoms with Crippen molar-refractivity contribution in [2.75, 3.05) is 0 Å². The van der Waals surface area contributed by atoms with E-state index < -0.39 is 0 Å². The normalized spacial score (nSPS) is 29.4. The minimum atomic E-state index is 0.711. The van der Waals surface area contributed by atoms with Crippen LogP contribution in [0.5, 0.6) is 0 Å². The van der Waals surface area contributed by atoms with Crippen LogP contribution in [0.4, 0.5) is 0 Å². The molecule has 2 aliphatic rings. The Labute approximate surface area is 85.6 Å². The zero-order chi connectivity index (χ0) is 9.38. The highest BCUT2D eigenvalue weighted by Gasteiger charge is 2.23. The molecule has 0 N–H and O–H groups in total. The maximum Gasteiger partial charge on any atom is 0.00211 e. The van der Waals surface area contributed by atoms with E-state index in [-0.39, 0.29) is 0 Å². The summed E-state index contributed by atoms with van der Waals surface area (Å²) < 4.78 is 0. The van der Waals surface area contributed by atoms with Crippen LogP contribution in [0.25, 0.3) is 0 Å². The Morgan fingerprint density at radius 3 is 1.79 bits per heavy atom. The second-order valence-electron chi connectivity index (χ2n) is 4.51. The molecule has 0 aromatic heterocycles. The van der Waals surface area contributed by atoms with Crippen molar-refractivity contribution < 1.29 is 0 Å². The van der Waals surface area contributed by atoms with Gasteiger partial charge in [-0.1, -0.05) is 49.3 Å². The van der Waals surface area contributed by atoms with Crippen LogP contribution in [0.1, 0.15) is 48.6 Å². The predicted octanol–water partition coefficient (Wildman–Crippen LogP) is 4.00. The lowest BCUT2D eigenvalue weighted by atomic mass is 9.75. The molecule has 2 unspecified atom stereocenters. The maximum absolute atomic E-state index is 2.44. The second kappa shape index (κ2) is 3.27. The van der Waals surface area contributed by atoms with Gasteiger partial charge in [-0.05, 0) is 24.0 Å². The topological polar surface area (TPSA) is 0 Å². The summed E-state index contributed by atoms with van der Waals surface area (Å²) in [5.41, 5.74) is 3.19. The molecular weight excluding hydrogens is 168 g/mol. The van der Waals surface area contributed by atoms with Crippen molar-refractivity contribution in [2.24, 2.45) is 0 Å². The fourth-order valence-electron chi connectivity index (χ4n) is 2.89. The molecule has 0 spiro atoms. The first-order valence-corrected chi connectivity index (χ1v) is 5.72. The lowest BCUT2D eigenvalue weighted by molar-refractivity contribution is 0.538. The summed E-state index contributed by atoms with van der Waals surface area (Å²) in [4.78, 5) is 0. The van der Waals surface area contributed by atoms with Gasteiger partial charge in [-0.2, -0.15) is 0 Å². The maximum atomic E-state index is 2.44. The number of rotatable bonds is 0. The van der Waals surface area contributed by atoms with Crippen LogP contribution in [-0.4, -0.2) is 0 Å². The second-order valence-corrected chi connectivity index (χ2v) is 4.51. The first kappa shape index (κ1) is 8.28. The average molecular weight is 184 g/mol. The molecule has 0 saturated carbocycles. The third kappa shape index (κ3) is 1.21. The molecule has 0 aliphatic heterocycles. The number of fused-ring (bicyclic) bond motifs is 5. The van der Waals surface area contributed by atoms with Gasteiger partial charge in [0.05, 0.1) is 0 Å². The van der Waals surface area contributed by atoms with Gasteiger partial charge >= 0.3 is 0 Å². The van der Waals surface area contributed by atoms with E-state index in [9.17, 15) is 0 Å². The Morgan fingerprint density at radius 1 is 0.786 bits per heavy atom. The summed E-state index contributed by atoms with van der Waals surface area (Å²) >= 11 is 0. The van der Waals surface area contributed by atoms with Crippen LogP contribution < -0.4 is 0 Å². The molecule has 0 heterocycles. The lowest BCUT2D eigenvalue weighted by Gasteiger charge is -2.29. The molecule has 0 fully saturated rings. The molecule has 0 heteroatoms. The summed E-state index contributed by atoms with van der Waals surface area (Å²) in [5.74, 6) is 1.42. The Morgan fingerprint density at radius 2 is 1.29 bits per heavy atom. The fourth-order valence-corrected chi connectivity index (χ4v) is 2.89. The number of benzene rings is 1. The monoisotopic (exact) mass is 184 g/mol. The Kier molecular flexibility index (Phi) is 1.93. The Hall–Kier alpha value is -1.04. The lowest BCUT2D eigenvalue weighted by Crippen LogP contribution is -2.12. The third-order valence-electron chi connectivity index (χ3n) is 3.65. The van der Waals surface area contributed by atoms with Crippen LogP contribution in [-0.2, 0) is 0 Å². The summed E-state index contributed by atoms with van der Waals surface area (Å²) in [7, 11) is 0. The SMILES string of the molecule is C1=CC2CCCCC1c1ccccc12. The smallest absolute Gasteiger partial charge is 0.00211 e. The van der Waals surface area contributed by atoms with E-state index in [1.807, 2.05) is 0 Å². The van der Waals surface area contributed by atoms with Crippen molar-refractivity contribution in [2.45, 2.75) is 37.5 Å². The molecular formula is C14H16. The summed E-state index contributed by atoms with van der Waals surface area (Å²) in [6.45, 7) is 0. The molecule has 0 saturated heterocycles. The average Bonchev–Trinajstić information content (AvgIpc) is 2.18. The van der Waals surface area contributed by atoms with Crippen molar-refractivity contribution in [1.82, 2.24) is 0 Å². The molecule has 0 amide bonds. The quantitative estimate of drug-likeness (QED) is 0.535. The fraction of sp³-hybridized carbons (Fsp3) is 0.429. The third-order valence-corrected chi connectivity index (χ3v) is 3.65. The minimum absolute atomic E-state index is 0.711. The van der Waals surface area contributed by atoms with Crippen LogP contribution in [0.3, 0.4) is 0 Å². The number of hydrogen-bond donors (Lipinski definition) is 0. The van der Waals surface area contributed by atoms with Crippen LogP contribution in [0.2, 0.25) is 0 Å². The molecule has 0 nitrogen and oxygen atoms in total. The van der Waals surface area contributed by atoms with E-state index in [2.05, 4.69) is 36.4 Å². The van der Waals surface area contributed by atoms with Crippen molar-refractivity contribution in [3.8, 4) is 0 Å². The van der Waals surface area contributed by atoms with Crippen molar-refractivity contribution in [3.05, 3.63) is 47.5 Å². The van der Waals surface area contributed by atoms with Crippen LogP contribution in [0.15, 0.2) is 36.4 Å². The van der Waals surface area contributed by atoms with Gasteiger partial charge in [0.25, 0.3) is 0 Å². The molecule has 0 radical (unpaired) electrons. The van der Waals surface area contributed by atoms with E-state index in [0.29, 0.717) is 11.8 Å². The summed E-state index contributed by atoms with van der Waals surface area (Å²) in [6.07, 6.45) is 10.4. The first-order chi connectivity index (χ1) is 6.95. The highest BCUT2D eigenvalue weighted by Crippen LogP contribution is 2.41. The zero-order valence-corrected chi connectivity index (χ0v) is 8.45. The number of allylic oxidation sites excluding steroid dienone is 2. The minimum Gasteiger partial charge on any atom is -0.0804 e. The number of hydrogen-bond acceptors (Lipinski definition) is 0. The van der Waals surface area contributed by atoms with E-state index >= 15 is 0 Å². The zero-order valence-electron chi connectivity index (χ0n) is 8.45. The Balaban J connectivity index is 2.13. The van der Waals surface area contributed by atoms with E-state index in [1.165, 1.54) is 25.7 Å². The first-order valence-electron chi connectivity index (χ1n) is 5.72. The van der Waals surface area contributed by atoms with Gasteiger partial charge in [-0.15, -0.1) is 0 Å². The van der Waals surface area contributed by atoms with Gasteiger partial charge in [-0.3, -0.25) is 0 Å². The molecule has 14 heavy (non-hydrogen) atoms. The van der Waals surface area contributed by atoms with Gasteiger partial charge in [0.1, 0.15) is 0 Å². The van der Waals surface area contributed by atoms with Crippen molar-refractivity contribution >= 4 is 0 Å². The standard InChI is InChI=1S/C14H16/c1-2-6-12-10-9-11(5-1)13-7-3-4-8-14(12)13/h3-4,7-12H,1-2,5-6H2. The molecule has 1 aromatic carbocycles. The highest BCUT2D eigenvalue weighted by atomic mass is 14.3. The van der Waals surface area contributed by atoms with Gasteiger partial charge in [-0.25, -0.2) is 0 Å². The molecule has 2 atom stereocenters. The molecule has 2 bridgehead atoms. The van der Waals surface area contributed by atoms with Crippen molar-refractivity contribution in [3.63, 3.8) is 0 Å². The summed E-state index contributed by atoms with van der Waals surface area (Å²) in [5, 5.41) is 0. The Bertz CT molecular complexity index is 327. The molecule has 2 aliphatic carbocycles. The van der Waals surface area contributed by atoms with Gasteiger partial charge < -0.3 is 0 Å². The van der Waals surface area contributed by atoms with Gasteiger partial charge in [0.15, 0.2) is 0 Å². The van der Waals surface area contributed by atoms with Crippen LogP contribution >= 0.6 is 0 Å². The van der Waals surface area contributed by atoms with E-state index in [4.69, 9.17) is 0 Å². The van der Waals surface area contributed by atoms with E-state index in [0.717, 1.165) is 0 Å². The molecule has 3 rings (SSSR count). The predicted molar refractivity (Wildman–Crippen MR) is 59.5 cm³/mol. The van der Waals surface area contributed by atoms with Gasteiger partial charge in [0.2, 0.25) is 0 Å². The van der Waals surface area contributed by atoms with Crippen molar-refractivity contribution in [1.29, 1.82) is 0 Å². The highest BCUT2D eigenvalue weighted by molar-refractivity contribution is 5.41.